The van der Waals surface area contributed by atoms with Crippen LogP contribution < -0.4 is 4.74 Å². The highest BCUT2D eigenvalue weighted by Gasteiger charge is 1.96. The summed E-state index contributed by atoms with van der Waals surface area (Å²) in [7, 11) is 0. The van der Waals surface area contributed by atoms with Gasteiger partial charge in [-0.25, -0.2) is 0 Å². The molecule has 0 unspecified atom stereocenters. The zero-order valence-corrected chi connectivity index (χ0v) is 10.3. The van der Waals surface area contributed by atoms with E-state index in [9.17, 15) is 0 Å². The fraction of sp³-hybridized carbons (Fsp3) is 0.267. The molecule has 2 nitrogen and oxygen atoms in total. The van der Waals surface area contributed by atoms with E-state index in [-0.39, 0.29) is 0 Å². The summed E-state index contributed by atoms with van der Waals surface area (Å²) in [5.41, 5.74) is 3.51. The molecule has 1 heterocycles. The Bertz CT molecular complexity index is 414. The molecule has 0 spiro atoms. The van der Waals surface area contributed by atoms with Gasteiger partial charge in [-0.05, 0) is 37.6 Å². The van der Waals surface area contributed by atoms with Crippen molar-refractivity contribution in [2.75, 3.05) is 6.61 Å². The lowest BCUT2D eigenvalue weighted by molar-refractivity contribution is 0.320. The average Bonchev–Trinajstić information content (AvgIpc) is 2.34. The SMILES string of the molecule is Cc1ccc(OCCc2ccc(C)cn2)cc1. The van der Waals surface area contributed by atoms with Gasteiger partial charge in [0, 0.05) is 18.3 Å². The van der Waals surface area contributed by atoms with Gasteiger partial charge in [0.1, 0.15) is 5.75 Å². The topological polar surface area (TPSA) is 22.1 Å². The molecule has 0 radical (unpaired) electrons. The van der Waals surface area contributed by atoms with Gasteiger partial charge in [-0.3, -0.25) is 4.98 Å². The lowest BCUT2D eigenvalue weighted by Gasteiger charge is -2.06. The van der Waals surface area contributed by atoms with Gasteiger partial charge in [0.25, 0.3) is 0 Å². The van der Waals surface area contributed by atoms with Crippen LogP contribution in [-0.4, -0.2) is 11.6 Å². The van der Waals surface area contributed by atoms with E-state index < -0.39 is 0 Å². The number of aromatic nitrogens is 1. The number of ether oxygens (including phenoxy) is 1. The summed E-state index contributed by atoms with van der Waals surface area (Å²) < 4.78 is 5.66. The maximum absolute atomic E-state index is 5.66. The van der Waals surface area contributed by atoms with Crippen LogP contribution in [-0.2, 0) is 6.42 Å². The van der Waals surface area contributed by atoms with Crippen LogP contribution in [0, 0.1) is 13.8 Å². The molecule has 1 aromatic carbocycles. The van der Waals surface area contributed by atoms with Crippen molar-refractivity contribution in [2.45, 2.75) is 20.3 Å². The Labute approximate surface area is 102 Å². The Hall–Kier alpha value is -1.83. The number of hydrogen-bond acceptors (Lipinski definition) is 2. The van der Waals surface area contributed by atoms with Crippen molar-refractivity contribution < 1.29 is 4.74 Å². The van der Waals surface area contributed by atoms with Crippen LogP contribution in [0.5, 0.6) is 5.75 Å². The number of pyridine rings is 1. The molecule has 0 aliphatic carbocycles. The molecule has 0 bridgehead atoms. The van der Waals surface area contributed by atoms with E-state index in [2.05, 4.69) is 30.1 Å². The molecule has 0 N–H and O–H groups in total. The normalized spacial score (nSPS) is 10.2. The van der Waals surface area contributed by atoms with Gasteiger partial charge >= 0.3 is 0 Å². The fourth-order valence-corrected chi connectivity index (χ4v) is 1.55. The third-order valence-electron chi connectivity index (χ3n) is 2.62. The van der Waals surface area contributed by atoms with E-state index in [1.807, 2.05) is 31.3 Å². The first-order chi connectivity index (χ1) is 8.24. The van der Waals surface area contributed by atoms with Crippen LogP contribution in [0.15, 0.2) is 42.6 Å². The largest absolute Gasteiger partial charge is 0.493 e. The molecule has 1 aromatic heterocycles. The van der Waals surface area contributed by atoms with Crippen molar-refractivity contribution in [3.63, 3.8) is 0 Å². The lowest BCUT2D eigenvalue weighted by Crippen LogP contribution is -2.02. The average molecular weight is 227 g/mol. The van der Waals surface area contributed by atoms with Gasteiger partial charge < -0.3 is 4.74 Å². The number of aryl methyl sites for hydroxylation is 2. The second-order valence-corrected chi connectivity index (χ2v) is 4.24. The lowest BCUT2D eigenvalue weighted by atomic mass is 10.2. The summed E-state index contributed by atoms with van der Waals surface area (Å²) in [5.74, 6) is 0.919. The molecule has 0 amide bonds. The first-order valence-electron chi connectivity index (χ1n) is 5.85. The minimum Gasteiger partial charge on any atom is -0.493 e. The summed E-state index contributed by atoms with van der Waals surface area (Å²) in [6, 6.07) is 12.2. The molecule has 0 atom stereocenters. The maximum atomic E-state index is 5.66. The van der Waals surface area contributed by atoms with E-state index in [0.717, 1.165) is 17.9 Å². The standard InChI is InChI=1S/C15H17NO/c1-12-4-7-15(8-5-12)17-10-9-14-6-3-13(2)11-16-14/h3-8,11H,9-10H2,1-2H3. The number of hydrogen-bond donors (Lipinski definition) is 0. The van der Waals surface area contributed by atoms with Crippen molar-refractivity contribution in [3.8, 4) is 5.75 Å². The smallest absolute Gasteiger partial charge is 0.119 e. The Kier molecular flexibility index (Phi) is 3.76. The second-order valence-electron chi connectivity index (χ2n) is 4.24. The molecular formula is C15H17NO. The van der Waals surface area contributed by atoms with Gasteiger partial charge in [0.15, 0.2) is 0 Å². The zero-order valence-electron chi connectivity index (χ0n) is 10.3. The Balaban J connectivity index is 1.83. The molecule has 0 saturated carbocycles. The fourth-order valence-electron chi connectivity index (χ4n) is 1.55. The van der Waals surface area contributed by atoms with Gasteiger partial charge in [-0.15, -0.1) is 0 Å². The van der Waals surface area contributed by atoms with Crippen LogP contribution in [0.25, 0.3) is 0 Å². The molecule has 2 rings (SSSR count). The van der Waals surface area contributed by atoms with Crippen LogP contribution in [0.3, 0.4) is 0 Å². The van der Waals surface area contributed by atoms with Crippen LogP contribution in [0.1, 0.15) is 16.8 Å². The summed E-state index contributed by atoms with van der Waals surface area (Å²) in [6.45, 7) is 4.78. The highest BCUT2D eigenvalue weighted by atomic mass is 16.5. The Morgan fingerprint density at radius 1 is 0.941 bits per heavy atom. The van der Waals surface area contributed by atoms with Crippen molar-refractivity contribution >= 4 is 0 Å². The summed E-state index contributed by atoms with van der Waals surface area (Å²) in [5, 5.41) is 0. The van der Waals surface area contributed by atoms with Gasteiger partial charge in [0.2, 0.25) is 0 Å². The molecule has 0 fully saturated rings. The number of benzene rings is 1. The molecule has 0 saturated heterocycles. The summed E-state index contributed by atoms with van der Waals surface area (Å²) in [6.07, 6.45) is 2.73. The first kappa shape index (κ1) is 11.6. The first-order valence-corrected chi connectivity index (χ1v) is 5.85. The van der Waals surface area contributed by atoms with E-state index in [4.69, 9.17) is 4.74 Å². The van der Waals surface area contributed by atoms with Crippen LogP contribution >= 0.6 is 0 Å². The van der Waals surface area contributed by atoms with E-state index in [0.29, 0.717) is 6.61 Å². The minimum absolute atomic E-state index is 0.666. The summed E-state index contributed by atoms with van der Waals surface area (Å²) >= 11 is 0. The van der Waals surface area contributed by atoms with E-state index >= 15 is 0 Å². The minimum atomic E-state index is 0.666. The molecule has 17 heavy (non-hydrogen) atoms. The number of rotatable bonds is 4. The van der Waals surface area contributed by atoms with Gasteiger partial charge in [-0.2, -0.15) is 0 Å². The Morgan fingerprint density at radius 3 is 2.29 bits per heavy atom. The molecule has 2 aromatic rings. The van der Waals surface area contributed by atoms with E-state index in [1.54, 1.807) is 0 Å². The van der Waals surface area contributed by atoms with Crippen LogP contribution in [0.2, 0.25) is 0 Å². The van der Waals surface area contributed by atoms with Crippen molar-refractivity contribution in [1.29, 1.82) is 0 Å². The molecule has 0 aliphatic heterocycles. The van der Waals surface area contributed by atoms with E-state index in [1.165, 1.54) is 11.1 Å². The molecular weight excluding hydrogens is 210 g/mol. The second kappa shape index (κ2) is 5.48. The van der Waals surface area contributed by atoms with Crippen molar-refractivity contribution in [3.05, 3.63) is 59.4 Å². The van der Waals surface area contributed by atoms with Gasteiger partial charge in [0.05, 0.1) is 6.61 Å². The quantitative estimate of drug-likeness (QED) is 0.799. The van der Waals surface area contributed by atoms with Crippen molar-refractivity contribution in [2.24, 2.45) is 0 Å². The highest BCUT2D eigenvalue weighted by molar-refractivity contribution is 5.26. The monoisotopic (exact) mass is 227 g/mol. The molecule has 2 heteroatoms. The third kappa shape index (κ3) is 3.59. The van der Waals surface area contributed by atoms with Crippen molar-refractivity contribution in [1.82, 2.24) is 4.98 Å². The third-order valence-corrected chi connectivity index (χ3v) is 2.62. The predicted octanol–water partition coefficient (Wildman–Crippen LogP) is 3.32. The Morgan fingerprint density at radius 2 is 1.65 bits per heavy atom. The summed E-state index contributed by atoms with van der Waals surface area (Å²) in [4.78, 5) is 4.34. The highest BCUT2D eigenvalue weighted by Crippen LogP contribution is 2.11. The molecule has 88 valence electrons. The van der Waals surface area contributed by atoms with Gasteiger partial charge in [-0.1, -0.05) is 23.8 Å². The predicted molar refractivity (Wildman–Crippen MR) is 69.4 cm³/mol. The molecule has 0 aliphatic rings. The zero-order chi connectivity index (χ0) is 12.1. The maximum Gasteiger partial charge on any atom is 0.119 e. The number of nitrogens with zero attached hydrogens (tertiary/aromatic N) is 1. The van der Waals surface area contributed by atoms with Crippen LogP contribution in [0.4, 0.5) is 0 Å².